The zero-order valence-electron chi connectivity index (χ0n) is 14.6. The van der Waals surface area contributed by atoms with E-state index in [9.17, 15) is 13.6 Å². The van der Waals surface area contributed by atoms with Crippen LogP contribution in [0, 0.1) is 11.6 Å². The van der Waals surface area contributed by atoms with Gasteiger partial charge in [0.1, 0.15) is 11.6 Å². The molecule has 1 amide bonds. The zero-order valence-corrected chi connectivity index (χ0v) is 14.6. The van der Waals surface area contributed by atoms with Crippen LogP contribution in [0.25, 0.3) is 0 Å². The first kappa shape index (κ1) is 18.5. The number of aromatic nitrogens is 1. The van der Waals surface area contributed by atoms with E-state index in [0.717, 1.165) is 11.1 Å². The van der Waals surface area contributed by atoms with Crippen molar-refractivity contribution in [1.82, 2.24) is 4.98 Å². The predicted molar refractivity (Wildman–Crippen MR) is 100 cm³/mol. The van der Waals surface area contributed by atoms with E-state index in [1.807, 2.05) is 18.2 Å². The Bertz CT molecular complexity index is 901. The summed E-state index contributed by atoms with van der Waals surface area (Å²) < 4.78 is 27.1. The molecule has 3 rings (SSSR count). The lowest BCUT2D eigenvalue weighted by Gasteiger charge is -2.29. The van der Waals surface area contributed by atoms with Gasteiger partial charge in [-0.15, -0.1) is 0 Å². The Morgan fingerprint density at radius 3 is 2.30 bits per heavy atom. The Balaban J connectivity index is 1.99. The van der Waals surface area contributed by atoms with Gasteiger partial charge in [0.05, 0.1) is 6.54 Å². The maximum atomic E-state index is 13.8. The van der Waals surface area contributed by atoms with Gasteiger partial charge in [0.2, 0.25) is 5.91 Å². The average molecular weight is 367 g/mol. The van der Waals surface area contributed by atoms with Gasteiger partial charge in [0.25, 0.3) is 0 Å². The minimum Gasteiger partial charge on any atom is -0.368 e. The summed E-state index contributed by atoms with van der Waals surface area (Å²) in [6.07, 6.45) is 3.33. The summed E-state index contributed by atoms with van der Waals surface area (Å²) >= 11 is 0. The fourth-order valence-corrected chi connectivity index (χ4v) is 3.04. The highest BCUT2D eigenvalue weighted by Crippen LogP contribution is 2.28. The number of nitrogens with zero attached hydrogens (tertiary/aromatic N) is 2. The van der Waals surface area contributed by atoms with Gasteiger partial charge in [-0.2, -0.15) is 0 Å². The summed E-state index contributed by atoms with van der Waals surface area (Å²) in [6, 6.07) is 15.9. The van der Waals surface area contributed by atoms with E-state index in [1.165, 1.54) is 24.3 Å². The molecule has 0 fully saturated rings. The number of hydrogen-bond donors (Lipinski definition) is 1. The number of pyridine rings is 1. The third-order valence-corrected chi connectivity index (χ3v) is 4.30. The summed E-state index contributed by atoms with van der Waals surface area (Å²) in [5.74, 6) is -1.44. The van der Waals surface area contributed by atoms with Crippen LogP contribution in [0.4, 0.5) is 14.5 Å². The highest BCUT2D eigenvalue weighted by Gasteiger charge is 2.20. The molecule has 3 aromatic rings. The Labute approximate surface area is 156 Å². The Morgan fingerprint density at radius 1 is 0.963 bits per heavy atom. The quantitative estimate of drug-likeness (QED) is 0.695. The average Bonchev–Trinajstić information content (AvgIpc) is 2.66. The van der Waals surface area contributed by atoms with E-state index in [0.29, 0.717) is 12.2 Å². The topological polar surface area (TPSA) is 59.2 Å². The summed E-state index contributed by atoms with van der Waals surface area (Å²) in [4.78, 5) is 17.4. The monoisotopic (exact) mass is 367 g/mol. The number of anilines is 1. The molecule has 0 radical (unpaired) electrons. The SMILES string of the molecule is NC(=O)CN(CC(c1ccncc1)c1cccc(F)c1)c1ccc(F)cc1. The van der Waals surface area contributed by atoms with Crippen LogP contribution in [0.2, 0.25) is 0 Å². The molecular formula is C21H19F2N3O. The number of carbonyl (C=O) groups is 1. The van der Waals surface area contributed by atoms with Crippen molar-refractivity contribution >= 4 is 11.6 Å². The lowest BCUT2D eigenvalue weighted by atomic mass is 9.91. The largest absolute Gasteiger partial charge is 0.368 e. The third kappa shape index (κ3) is 4.88. The van der Waals surface area contributed by atoms with E-state index in [2.05, 4.69) is 4.98 Å². The van der Waals surface area contributed by atoms with Crippen LogP contribution < -0.4 is 10.6 Å². The Kier molecular flexibility index (Phi) is 5.76. The molecule has 2 N–H and O–H groups in total. The molecule has 1 heterocycles. The number of carbonyl (C=O) groups excluding carboxylic acids is 1. The maximum absolute atomic E-state index is 13.8. The molecule has 0 bridgehead atoms. The van der Waals surface area contributed by atoms with E-state index in [4.69, 9.17) is 5.73 Å². The second-order valence-electron chi connectivity index (χ2n) is 6.21. The van der Waals surface area contributed by atoms with Crippen molar-refractivity contribution in [2.45, 2.75) is 5.92 Å². The highest BCUT2D eigenvalue weighted by atomic mass is 19.1. The molecule has 1 unspecified atom stereocenters. The molecular weight excluding hydrogens is 348 g/mol. The molecule has 0 aliphatic heterocycles. The molecule has 2 aromatic carbocycles. The first-order valence-corrected chi connectivity index (χ1v) is 8.47. The van der Waals surface area contributed by atoms with Crippen LogP contribution >= 0.6 is 0 Å². The van der Waals surface area contributed by atoms with Gasteiger partial charge in [-0.25, -0.2) is 8.78 Å². The standard InChI is InChI=1S/C21H19F2N3O/c22-17-4-6-19(7-5-17)26(14-21(24)27)13-20(15-8-10-25-11-9-15)16-2-1-3-18(23)12-16/h1-12,20H,13-14H2,(H2,24,27). The number of nitrogens with two attached hydrogens (primary N) is 1. The smallest absolute Gasteiger partial charge is 0.236 e. The van der Waals surface area contributed by atoms with E-state index in [1.54, 1.807) is 35.5 Å². The Hall–Kier alpha value is -3.28. The number of primary amides is 1. The van der Waals surface area contributed by atoms with Crippen LogP contribution in [0.5, 0.6) is 0 Å². The summed E-state index contributed by atoms with van der Waals surface area (Å²) in [5, 5.41) is 0. The highest BCUT2D eigenvalue weighted by molar-refractivity contribution is 5.79. The fourth-order valence-electron chi connectivity index (χ4n) is 3.04. The molecule has 0 saturated carbocycles. The van der Waals surface area contributed by atoms with Gasteiger partial charge < -0.3 is 10.6 Å². The van der Waals surface area contributed by atoms with Crippen molar-refractivity contribution in [2.75, 3.05) is 18.0 Å². The van der Waals surface area contributed by atoms with Gasteiger partial charge in [0, 0.05) is 30.5 Å². The van der Waals surface area contributed by atoms with Gasteiger partial charge in [0.15, 0.2) is 0 Å². The minimum absolute atomic E-state index is 0.0392. The molecule has 6 heteroatoms. The summed E-state index contributed by atoms with van der Waals surface area (Å²) in [5.41, 5.74) is 7.76. The number of rotatable bonds is 7. The Morgan fingerprint density at radius 2 is 1.67 bits per heavy atom. The van der Waals surface area contributed by atoms with E-state index < -0.39 is 5.91 Å². The molecule has 1 atom stereocenters. The summed E-state index contributed by atoms with van der Waals surface area (Å²) in [7, 11) is 0. The van der Waals surface area contributed by atoms with Crippen molar-refractivity contribution in [2.24, 2.45) is 5.73 Å². The molecule has 0 aliphatic rings. The van der Waals surface area contributed by atoms with Gasteiger partial charge in [-0.1, -0.05) is 12.1 Å². The number of halogens is 2. The number of amides is 1. The van der Waals surface area contributed by atoms with Crippen LogP contribution in [-0.2, 0) is 4.79 Å². The molecule has 0 spiro atoms. The molecule has 138 valence electrons. The van der Waals surface area contributed by atoms with Crippen LogP contribution in [0.1, 0.15) is 17.0 Å². The second-order valence-corrected chi connectivity index (χ2v) is 6.21. The number of hydrogen-bond acceptors (Lipinski definition) is 3. The van der Waals surface area contributed by atoms with Crippen molar-refractivity contribution in [3.63, 3.8) is 0 Å². The van der Waals surface area contributed by atoms with E-state index >= 15 is 0 Å². The molecule has 0 saturated heterocycles. The summed E-state index contributed by atoms with van der Waals surface area (Å²) in [6.45, 7) is 0.324. The first-order chi connectivity index (χ1) is 13.0. The van der Waals surface area contributed by atoms with Crippen molar-refractivity contribution < 1.29 is 13.6 Å². The van der Waals surface area contributed by atoms with E-state index in [-0.39, 0.29) is 24.1 Å². The zero-order chi connectivity index (χ0) is 19.2. The maximum Gasteiger partial charge on any atom is 0.236 e. The molecule has 27 heavy (non-hydrogen) atoms. The fraction of sp³-hybridized carbons (Fsp3) is 0.143. The normalized spacial score (nSPS) is 11.8. The van der Waals surface area contributed by atoms with Gasteiger partial charge >= 0.3 is 0 Å². The van der Waals surface area contributed by atoms with Crippen molar-refractivity contribution in [1.29, 1.82) is 0 Å². The van der Waals surface area contributed by atoms with Crippen molar-refractivity contribution in [3.8, 4) is 0 Å². The van der Waals surface area contributed by atoms with Gasteiger partial charge in [-0.3, -0.25) is 9.78 Å². The lowest BCUT2D eigenvalue weighted by Crippen LogP contribution is -2.37. The van der Waals surface area contributed by atoms with Crippen molar-refractivity contribution in [3.05, 3.63) is 95.8 Å². The minimum atomic E-state index is -0.507. The first-order valence-electron chi connectivity index (χ1n) is 8.47. The second kappa shape index (κ2) is 8.40. The van der Waals surface area contributed by atoms with Crippen LogP contribution in [-0.4, -0.2) is 24.0 Å². The van der Waals surface area contributed by atoms with Crippen LogP contribution in [0.15, 0.2) is 73.1 Å². The predicted octanol–water partition coefficient (Wildman–Crippen LogP) is 3.48. The lowest BCUT2D eigenvalue weighted by molar-refractivity contribution is -0.116. The van der Waals surface area contributed by atoms with Gasteiger partial charge in [-0.05, 0) is 59.7 Å². The molecule has 4 nitrogen and oxygen atoms in total. The third-order valence-electron chi connectivity index (χ3n) is 4.30. The molecule has 1 aromatic heterocycles. The number of benzene rings is 2. The molecule has 0 aliphatic carbocycles. The van der Waals surface area contributed by atoms with Crippen LogP contribution in [0.3, 0.4) is 0 Å².